The molecule has 3 rings (SSSR count). The van der Waals surface area contributed by atoms with Gasteiger partial charge in [0.15, 0.2) is 0 Å². The van der Waals surface area contributed by atoms with Crippen LogP contribution in [0, 0.1) is 0 Å². The van der Waals surface area contributed by atoms with Crippen LogP contribution in [0.15, 0.2) is 41.5 Å². The molecule has 4 nitrogen and oxygen atoms in total. The van der Waals surface area contributed by atoms with Crippen molar-refractivity contribution in [3.8, 4) is 11.1 Å². The molecule has 1 aliphatic rings. The summed E-state index contributed by atoms with van der Waals surface area (Å²) in [6.45, 7) is 0. The van der Waals surface area contributed by atoms with E-state index in [0.717, 1.165) is 42.5 Å². The number of hydrogen-bond acceptors (Lipinski definition) is 3. The molecule has 0 saturated heterocycles. The highest BCUT2D eigenvalue weighted by atomic mass is 16.3. The van der Waals surface area contributed by atoms with Crippen molar-refractivity contribution in [2.24, 2.45) is 7.05 Å². The number of nitrogens with zero attached hydrogens (tertiary/aromatic N) is 2. The quantitative estimate of drug-likeness (QED) is 0.922. The van der Waals surface area contributed by atoms with Gasteiger partial charge in [-0.1, -0.05) is 25.3 Å². The number of hydrogen-bond donors (Lipinski definition) is 1. The fourth-order valence-electron chi connectivity index (χ4n) is 2.96. The Bertz CT molecular complexity index is 683. The molecule has 2 aromatic rings. The minimum Gasteiger partial charge on any atom is -0.384 e. The van der Waals surface area contributed by atoms with Crippen LogP contribution in [0.5, 0.6) is 0 Å². The van der Waals surface area contributed by atoms with E-state index in [-0.39, 0.29) is 5.56 Å². The van der Waals surface area contributed by atoms with E-state index >= 15 is 0 Å². The summed E-state index contributed by atoms with van der Waals surface area (Å²) < 4.78 is 1.54. The van der Waals surface area contributed by atoms with Crippen molar-refractivity contribution in [3.63, 3.8) is 0 Å². The standard InChI is InChI=1S/C17H20N2O2/c1-19-10-7-13(11-16(19)20)14-5-6-15(18-12-14)17(21)8-3-2-4-9-17/h5-7,10-12,21H,2-4,8-9H2,1H3. The number of aliphatic hydroxyl groups is 1. The first-order valence-corrected chi connectivity index (χ1v) is 7.44. The van der Waals surface area contributed by atoms with Gasteiger partial charge in [-0.25, -0.2) is 0 Å². The van der Waals surface area contributed by atoms with E-state index in [0.29, 0.717) is 0 Å². The average molecular weight is 284 g/mol. The molecule has 0 atom stereocenters. The Morgan fingerprint density at radius 3 is 2.52 bits per heavy atom. The van der Waals surface area contributed by atoms with Crippen molar-refractivity contribution in [3.05, 3.63) is 52.7 Å². The summed E-state index contributed by atoms with van der Waals surface area (Å²) in [4.78, 5) is 16.1. The maximum absolute atomic E-state index is 11.7. The number of rotatable bonds is 2. The molecule has 1 saturated carbocycles. The molecule has 21 heavy (non-hydrogen) atoms. The van der Waals surface area contributed by atoms with Gasteiger partial charge >= 0.3 is 0 Å². The van der Waals surface area contributed by atoms with Gasteiger partial charge in [0, 0.05) is 31.1 Å². The third-order valence-electron chi connectivity index (χ3n) is 4.36. The van der Waals surface area contributed by atoms with Gasteiger partial charge in [0.05, 0.1) is 5.69 Å². The average Bonchev–Trinajstić information content (AvgIpc) is 2.51. The predicted octanol–water partition coefficient (Wildman–Crippen LogP) is 2.60. The minimum absolute atomic E-state index is 0.0394. The SMILES string of the molecule is Cn1ccc(-c2ccc(C3(O)CCCCC3)nc2)cc1=O. The lowest BCUT2D eigenvalue weighted by atomic mass is 9.82. The molecule has 4 heteroatoms. The molecular formula is C17H20N2O2. The summed E-state index contributed by atoms with van der Waals surface area (Å²) in [6, 6.07) is 7.32. The van der Waals surface area contributed by atoms with Crippen molar-refractivity contribution < 1.29 is 5.11 Å². The number of aromatic nitrogens is 2. The maximum atomic E-state index is 11.7. The van der Waals surface area contributed by atoms with E-state index in [1.54, 1.807) is 25.5 Å². The lowest BCUT2D eigenvalue weighted by Gasteiger charge is -2.31. The van der Waals surface area contributed by atoms with E-state index in [1.807, 2.05) is 18.2 Å². The van der Waals surface area contributed by atoms with Gasteiger partial charge in [-0.2, -0.15) is 0 Å². The lowest BCUT2D eigenvalue weighted by Crippen LogP contribution is -2.29. The third kappa shape index (κ3) is 2.76. The monoisotopic (exact) mass is 284 g/mol. The minimum atomic E-state index is -0.774. The molecule has 1 aliphatic carbocycles. The van der Waals surface area contributed by atoms with Crippen LogP contribution in [-0.4, -0.2) is 14.7 Å². The normalized spacial score (nSPS) is 17.6. The van der Waals surface area contributed by atoms with E-state index in [9.17, 15) is 9.90 Å². The molecule has 0 spiro atoms. The molecule has 0 amide bonds. The molecule has 1 fully saturated rings. The molecule has 0 unspecified atom stereocenters. The van der Waals surface area contributed by atoms with E-state index in [4.69, 9.17) is 0 Å². The molecule has 0 aromatic carbocycles. The Morgan fingerprint density at radius 1 is 1.14 bits per heavy atom. The van der Waals surface area contributed by atoms with Crippen molar-refractivity contribution in [1.29, 1.82) is 0 Å². The van der Waals surface area contributed by atoms with Crippen molar-refractivity contribution in [2.45, 2.75) is 37.7 Å². The van der Waals surface area contributed by atoms with Crippen LogP contribution >= 0.6 is 0 Å². The van der Waals surface area contributed by atoms with Gasteiger partial charge in [-0.15, -0.1) is 0 Å². The topological polar surface area (TPSA) is 55.1 Å². The summed E-state index contributed by atoms with van der Waals surface area (Å²) in [7, 11) is 1.73. The fourth-order valence-corrected chi connectivity index (χ4v) is 2.96. The van der Waals surface area contributed by atoms with Crippen LogP contribution in [0.4, 0.5) is 0 Å². The fraction of sp³-hybridized carbons (Fsp3) is 0.412. The molecular weight excluding hydrogens is 264 g/mol. The number of pyridine rings is 2. The van der Waals surface area contributed by atoms with Gasteiger partial charge in [0.2, 0.25) is 0 Å². The van der Waals surface area contributed by atoms with Gasteiger partial charge in [0.25, 0.3) is 5.56 Å². The zero-order valence-electron chi connectivity index (χ0n) is 12.2. The van der Waals surface area contributed by atoms with Gasteiger partial charge in [0.1, 0.15) is 5.60 Å². The third-order valence-corrected chi connectivity index (χ3v) is 4.36. The first-order chi connectivity index (χ1) is 10.1. The summed E-state index contributed by atoms with van der Waals surface area (Å²) in [5.74, 6) is 0. The van der Waals surface area contributed by atoms with E-state index in [2.05, 4.69) is 4.98 Å². The summed E-state index contributed by atoms with van der Waals surface area (Å²) in [5, 5.41) is 10.7. The van der Waals surface area contributed by atoms with Crippen LogP contribution in [0.1, 0.15) is 37.8 Å². The van der Waals surface area contributed by atoms with Crippen molar-refractivity contribution in [1.82, 2.24) is 9.55 Å². The Kier molecular flexibility index (Phi) is 3.64. The van der Waals surface area contributed by atoms with Gasteiger partial charge in [-0.05, 0) is 30.5 Å². The van der Waals surface area contributed by atoms with Crippen LogP contribution in [0.25, 0.3) is 11.1 Å². The van der Waals surface area contributed by atoms with Crippen LogP contribution in [0.2, 0.25) is 0 Å². The Morgan fingerprint density at radius 2 is 1.90 bits per heavy atom. The molecule has 0 radical (unpaired) electrons. The smallest absolute Gasteiger partial charge is 0.250 e. The maximum Gasteiger partial charge on any atom is 0.250 e. The zero-order valence-corrected chi connectivity index (χ0v) is 12.2. The van der Waals surface area contributed by atoms with Crippen LogP contribution in [0.3, 0.4) is 0 Å². The molecule has 0 bridgehead atoms. The first-order valence-electron chi connectivity index (χ1n) is 7.44. The predicted molar refractivity (Wildman–Crippen MR) is 81.9 cm³/mol. The molecule has 2 heterocycles. The summed E-state index contributed by atoms with van der Waals surface area (Å²) in [6.07, 6.45) is 8.35. The highest BCUT2D eigenvalue weighted by Crippen LogP contribution is 2.36. The summed E-state index contributed by atoms with van der Waals surface area (Å²) in [5.41, 5.74) is 1.68. The second-order valence-electron chi connectivity index (χ2n) is 5.89. The Hall–Kier alpha value is -1.94. The van der Waals surface area contributed by atoms with Gasteiger partial charge in [-0.3, -0.25) is 9.78 Å². The highest BCUT2D eigenvalue weighted by Gasteiger charge is 2.32. The number of aryl methyl sites for hydroxylation is 1. The van der Waals surface area contributed by atoms with Crippen LogP contribution < -0.4 is 5.56 Å². The molecule has 110 valence electrons. The van der Waals surface area contributed by atoms with E-state index in [1.165, 1.54) is 11.0 Å². The van der Waals surface area contributed by atoms with Crippen LogP contribution in [-0.2, 0) is 12.6 Å². The van der Waals surface area contributed by atoms with Gasteiger partial charge < -0.3 is 9.67 Å². The highest BCUT2D eigenvalue weighted by molar-refractivity contribution is 5.61. The first kappa shape index (κ1) is 14.0. The van der Waals surface area contributed by atoms with Crippen molar-refractivity contribution in [2.75, 3.05) is 0 Å². The Labute approximate surface area is 124 Å². The largest absolute Gasteiger partial charge is 0.384 e. The second kappa shape index (κ2) is 5.45. The molecule has 2 aromatic heterocycles. The molecule has 0 aliphatic heterocycles. The van der Waals surface area contributed by atoms with E-state index < -0.39 is 5.60 Å². The second-order valence-corrected chi connectivity index (χ2v) is 5.89. The zero-order chi connectivity index (χ0) is 14.9. The lowest BCUT2D eigenvalue weighted by molar-refractivity contribution is -0.00460. The Balaban J connectivity index is 1.90. The van der Waals surface area contributed by atoms with Crippen molar-refractivity contribution >= 4 is 0 Å². The summed E-state index contributed by atoms with van der Waals surface area (Å²) >= 11 is 0. The molecule has 1 N–H and O–H groups in total.